The molecule has 0 fully saturated rings. The van der Waals surface area contributed by atoms with Gasteiger partial charge in [-0.1, -0.05) is 36.4 Å². The predicted octanol–water partition coefficient (Wildman–Crippen LogP) is 4.52. The summed E-state index contributed by atoms with van der Waals surface area (Å²) < 4.78 is 11.0. The molecule has 0 atom stereocenters. The Bertz CT molecular complexity index is 803. The molecule has 0 aliphatic carbocycles. The van der Waals surface area contributed by atoms with Crippen LogP contribution >= 0.6 is 11.8 Å². The number of carbonyl (C=O) groups excluding carboxylic acids is 1. The first-order valence-electron chi connectivity index (χ1n) is 8.46. The Morgan fingerprint density at radius 3 is 2.73 bits per heavy atom. The first-order valence-corrected chi connectivity index (χ1v) is 9.62. The second-order valence-electron chi connectivity index (χ2n) is 5.69. The van der Waals surface area contributed by atoms with E-state index in [9.17, 15) is 4.79 Å². The van der Waals surface area contributed by atoms with E-state index in [1.807, 2.05) is 54.6 Å². The predicted molar refractivity (Wildman–Crippen MR) is 104 cm³/mol. The molecule has 0 aliphatic rings. The minimum absolute atomic E-state index is 0.0891. The molecule has 2 aromatic carbocycles. The van der Waals surface area contributed by atoms with E-state index in [0.717, 1.165) is 22.8 Å². The Kier molecular flexibility index (Phi) is 6.79. The first-order chi connectivity index (χ1) is 12.8. The van der Waals surface area contributed by atoms with Crippen LogP contribution in [0.25, 0.3) is 0 Å². The number of benzene rings is 2. The molecule has 0 spiro atoms. The highest BCUT2D eigenvalue weighted by Crippen LogP contribution is 2.16. The quantitative estimate of drug-likeness (QED) is 0.565. The van der Waals surface area contributed by atoms with Gasteiger partial charge in [-0.15, -0.1) is 0 Å². The third kappa shape index (κ3) is 5.70. The maximum Gasteiger partial charge on any atom is 0.251 e. The Morgan fingerprint density at radius 2 is 1.92 bits per heavy atom. The van der Waals surface area contributed by atoms with E-state index in [2.05, 4.69) is 5.32 Å². The highest BCUT2D eigenvalue weighted by molar-refractivity contribution is 7.98. The molecule has 0 bridgehead atoms. The smallest absolute Gasteiger partial charge is 0.251 e. The largest absolute Gasteiger partial charge is 0.489 e. The third-order valence-electron chi connectivity index (χ3n) is 3.70. The van der Waals surface area contributed by atoms with Crippen LogP contribution < -0.4 is 10.1 Å². The molecule has 1 aromatic heterocycles. The van der Waals surface area contributed by atoms with Crippen LogP contribution in [0.2, 0.25) is 0 Å². The van der Waals surface area contributed by atoms with Gasteiger partial charge in [-0.25, -0.2) is 0 Å². The molecule has 3 rings (SSSR count). The van der Waals surface area contributed by atoms with Crippen molar-refractivity contribution in [2.24, 2.45) is 0 Å². The van der Waals surface area contributed by atoms with Gasteiger partial charge in [-0.2, -0.15) is 11.8 Å². The molecule has 0 aliphatic heterocycles. The summed E-state index contributed by atoms with van der Waals surface area (Å²) in [5.74, 6) is 3.19. The molecule has 0 unspecified atom stereocenters. The summed E-state index contributed by atoms with van der Waals surface area (Å²) in [6.07, 6.45) is 1.67. The fourth-order valence-corrected chi connectivity index (χ4v) is 3.13. The van der Waals surface area contributed by atoms with Crippen LogP contribution in [0.3, 0.4) is 0 Å². The second kappa shape index (κ2) is 9.73. The number of nitrogens with one attached hydrogen (secondary N) is 1. The molecular formula is C21H21NO3S. The number of hydrogen-bond acceptors (Lipinski definition) is 4. The molecule has 1 amide bonds. The summed E-state index contributed by atoms with van der Waals surface area (Å²) in [7, 11) is 0. The lowest BCUT2D eigenvalue weighted by molar-refractivity contribution is 0.0955. The zero-order valence-corrected chi connectivity index (χ0v) is 15.2. The van der Waals surface area contributed by atoms with Crippen molar-refractivity contribution in [1.29, 1.82) is 0 Å². The molecule has 1 N–H and O–H groups in total. The molecule has 1 heterocycles. The fraction of sp³-hybridized carbons (Fsp3) is 0.190. The van der Waals surface area contributed by atoms with Crippen molar-refractivity contribution in [3.05, 3.63) is 89.9 Å². The van der Waals surface area contributed by atoms with Crippen LogP contribution in [-0.2, 0) is 12.4 Å². The zero-order valence-electron chi connectivity index (χ0n) is 14.4. The Labute approximate surface area is 157 Å². The number of hydrogen-bond donors (Lipinski definition) is 1. The monoisotopic (exact) mass is 367 g/mol. The summed E-state index contributed by atoms with van der Waals surface area (Å²) in [5, 5.41) is 2.93. The number of furan rings is 1. The van der Waals surface area contributed by atoms with Crippen molar-refractivity contribution in [3.8, 4) is 5.75 Å². The average molecular weight is 367 g/mol. The van der Waals surface area contributed by atoms with Crippen LogP contribution in [-0.4, -0.2) is 18.2 Å². The molecule has 5 heteroatoms. The van der Waals surface area contributed by atoms with E-state index < -0.39 is 0 Å². The number of thioether (sulfide) groups is 1. The number of amides is 1. The topological polar surface area (TPSA) is 51.5 Å². The Morgan fingerprint density at radius 1 is 1.04 bits per heavy atom. The summed E-state index contributed by atoms with van der Waals surface area (Å²) in [4.78, 5) is 12.3. The summed E-state index contributed by atoms with van der Waals surface area (Å²) >= 11 is 1.72. The maximum atomic E-state index is 12.3. The van der Waals surface area contributed by atoms with Gasteiger partial charge in [-0.3, -0.25) is 4.79 Å². The molecule has 3 aromatic rings. The average Bonchev–Trinajstić information content (AvgIpc) is 3.20. The van der Waals surface area contributed by atoms with E-state index >= 15 is 0 Å². The Hall–Kier alpha value is -2.66. The van der Waals surface area contributed by atoms with Gasteiger partial charge in [0, 0.05) is 17.9 Å². The van der Waals surface area contributed by atoms with Crippen molar-refractivity contribution in [1.82, 2.24) is 5.32 Å². The van der Waals surface area contributed by atoms with Gasteiger partial charge in [0.2, 0.25) is 0 Å². The van der Waals surface area contributed by atoms with Gasteiger partial charge in [0.15, 0.2) is 0 Å². The summed E-state index contributed by atoms with van der Waals surface area (Å²) in [6, 6.07) is 21.0. The number of rotatable bonds is 9. The fourth-order valence-electron chi connectivity index (χ4n) is 2.37. The van der Waals surface area contributed by atoms with Crippen LogP contribution in [0.5, 0.6) is 5.75 Å². The number of ether oxygens (including phenoxy) is 1. The van der Waals surface area contributed by atoms with Gasteiger partial charge >= 0.3 is 0 Å². The van der Waals surface area contributed by atoms with Gasteiger partial charge in [0.1, 0.15) is 18.1 Å². The van der Waals surface area contributed by atoms with E-state index in [0.29, 0.717) is 24.5 Å². The second-order valence-corrected chi connectivity index (χ2v) is 6.80. The standard InChI is InChI=1S/C21H21NO3S/c23-21(22-11-13-26-16-20-10-5-12-24-20)18-8-4-9-19(14-18)25-15-17-6-2-1-3-7-17/h1-10,12,14H,11,13,15-16H2,(H,22,23). The molecule has 134 valence electrons. The highest BCUT2D eigenvalue weighted by atomic mass is 32.2. The van der Waals surface area contributed by atoms with Gasteiger partial charge in [0.05, 0.1) is 12.0 Å². The van der Waals surface area contributed by atoms with Crippen molar-refractivity contribution in [2.75, 3.05) is 12.3 Å². The van der Waals surface area contributed by atoms with Gasteiger partial charge in [-0.05, 0) is 35.9 Å². The van der Waals surface area contributed by atoms with Crippen LogP contribution in [0.1, 0.15) is 21.7 Å². The summed E-state index contributed by atoms with van der Waals surface area (Å²) in [5.41, 5.74) is 1.70. The summed E-state index contributed by atoms with van der Waals surface area (Å²) in [6.45, 7) is 1.09. The van der Waals surface area contributed by atoms with Crippen molar-refractivity contribution < 1.29 is 13.9 Å². The molecule has 0 saturated heterocycles. The molecule has 0 saturated carbocycles. The first kappa shape index (κ1) is 18.1. The van der Waals surface area contributed by atoms with E-state index in [1.54, 1.807) is 30.2 Å². The van der Waals surface area contributed by atoms with Crippen LogP contribution in [0.4, 0.5) is 0 Å². The van der Waals surface area contributed by atoms with E-state index in [-0.39, 0.29) is 5.91 Å². The SMILES string of the molecule is O=C(NCCSCc1ccco1)c1cccc(OCc2ccccc2)c1. The lowest BCUT2D eigenvalue weighted by atomic mass is 10.2. The highest BCUT2D eigenvalue weighted by Gasteiger charge is 2.06. The molecule has 0 radical (unpaired) electrons. The molecule has 4 nitrogen and oxygen atoms in total. The van der Waals surface area contributed by atoms with E-state index in [1.165, 1.54) is 0 Å². The van der Waals surface area contributed by atoms with Gasteiger partial charge in [0.25, 0.3) is 5.91 Å². The lowest BCUT2D eigenvalue weighted by Gasteiger charge is -2.09. The lowest BCUT2D eigenvalue weighted by Crippen LogP contribution is -2.25. The zero-order chi connectivity index (χ0) is 18.0. The van der Waals surface area contributed by atoms with Crippen LogP contribution in [0.15, 0.2) is 77.4 Å². The maximum absolute atomic E-state index is 12.3. The van der Waals surface area contributed by atoms with Gasteiger partial charge < -0.3 is 14.5 Å². The van der Waals surface area contributed by atoms with Crippen molar-refractivity contribution >= 4 is 17.7 Å². The Balaban J connectivity index is 1.42. The van der Waals surface area contributed by atoms with Crippen LogP contribution in [0, 0.1) is 0 Å². The normalized spacial score (nSPS) is 10.5. The van der Waals surface area contributed by atoms with Crippen molar-refractivity contribution in [3.63, 3.8) is 0 Å². The number of carbonyl (C=O) groups is 1. The minimum Gasteiger partial charge on any atom is -0.489 e. The molecule has 26 heavy (non-hydrogen) atoms. The van der Waals surface area contributed by atoms with Crippen molar-refractivity contribution in [2.45, 2.75) is 12.4 Å². The van der Waals surface area contributed by atoms with E-state index in [4.69, 9.17) is 9.15 Å². The molecular weight excluding hydrogens is 346 g/mol. The minimum atomic E-state index is -0.0891. The third-order valence-corrected chi connectivity index (χ3v) is 4.68.